The third-order valence-corrected chi connectivity index (χ3v) is 11.2. The van der Waals surface area contributed by atoms with Gasteiger partial charge in [0.25, 0.3) is 0 Å². The molecule has 1 heterocycles. The summed E-state index contributed by atoms with van der Waals surface area (Å²) in [6.45, 7) is 0. The molecule has 0 spiro atoms. The molecule has 1 aliphatic rings. The molecule has 1 heteroatoms. The molecule has 52 heavy (non-hydrogen) atoms. The van der Waals surface area contributed by atoms with Crippen LogP contribution in [-0.2, 0) is 6.42 Å². The molecule has 0 saturated carbocycles. The van der Waals surface area contributed by atoms with Crippen LogP contribution in [0.25, 0.3) is 93.5 Å². The van der Waals surface area contributed by atoms with Crippen molar-refractivity contribution >= 4 is 43.4 Å². The molecule has 0 bridgehead atoms. The SMILES string of the molecule is c1ccc(-c2ccc3c(c2)c2cc(-c4ccccc4)ccc2n3-c2ccc3c(c2)Cc2cc(-c4cc5ccccc5c5ccccc45)ccc2-3)cc1. The highest BCUT2D eigenvalue weighted by molar-refractivity contribution is 6.14. The van der Waals surface area contributed by atoms with Crippen molar-refractivity contribution in [3.05, 3.63) is 199 Å². The second-order valence-electron chi connectivity index (χ2n) is 14.1. The molecule has 0 unspecified atom stereocenters. The van der Waals surface area contributed by atoms with Gasteiger partial charge >= 0.3 is 0 Å². The van der Waals surface area contributed by atoms with Crippen molar-refractivity contribution in [2.75, 3.05) is 0 Å². The van der Waals surface area contributed by atoms with E-state index in [1.54, 1.807) is 0 Å². The molecule has 0 saturated heterocycles. The summed E-state index contributed by atoms with van der Waals surface area (Å²) in [5, 5.41) is 7.73. The van der Waals surface area contributed by atoms with Gasteiger partial charge in [0.05, 0.1) is 11.0 Å². The van der Waals surface area contributed by atoms with Gasteiger partial charge in [-0.05, 0) is 126 Å². The number of benzene rings is 9. The molecule has 1 nitrogen and oxygen atoms in total. The van der Waals surface area contributed by atoms with Gasteiger partial charge in [-0.25, -0.2) is 0 Å². The van der Waals surface area contributed by atoms with Crippen LogP contribution < -0.4 is 0 Å². The maximum atomic E-state index is 2.46. The summed E-state index contributed by atoms with van der Waals surface area (Å²) >= 11 is 0. The molecule has 1 aromatic heterocycles. The van der Waals surface area contributed by atoms with E-state index in [2.05, 4.69) is 193 Å². The zero-order valence-electron chi connectivity index (χ0n) is 28.6. The van der Waals surface area contributed by atoms with Crippen LogP contribution in [0.4, 0.5) is 0 Å². The van der Waals surface area contributed by atoms with Gasteiger partial charge in [0.15, 0.2) is 0 Å². The Labute approximate surface area is 302 Å². The number of hydrogen-bond acceptors (Lipinski definition) is 0. The van der Waals surface area contributed by atoms with Crippen LogP contribution in [0, 0.1) is 0 Å². The topological polar surface area (TPSA) is 4.93 Å². The van der Waals surface area contributed by atoms with Crippen molar-refractivity contribution in [3.8, 4) is 50.2 Å². The lowest BCUT2D eigenvalue weighted by Crippen LogP contribution is -1.95. The first kappa shape index (κ1) is 29.1. The summed E-state index contributed by atoms with van der Waals surface area (Å²) in [7, 11) is 0. The molecule has 0 atom stereocenters. The molecular weight excluding hydrogens is 627 g/mol. The standard InChI is InChI=1S/C51H33N/c1-3-11-33(12-4-1)35-20-25-50-48(30-35)49-31-36(34-13-5-2-6-14-34)21-26-51(49)52(50)41-22-24-44-40(29-41)28-39-27-38(19-23-43(39)44)47-32-37-15-7-8-16-42(37)45-17-9-10-18-46(45)47/h1-27,29-32H,28H2. The predicted molar refractivity (Wildman–Crippen MR) is 220 cm³/mol. The summed E-state index contributed by atoms with van der Waals surface area (Å²) in [4.78, 5) is 0. The molecule has 11 rings (SSSR count). The van der Waals surface area contributed by atoms with E-state index in [-0.39, 0.29) is 0 Å². The van der Waals surface area contributed by atoms with Gasteiger partial charge in [-0.15, -0.1) is 0 Å². The zero-order chi connectivity index (χ0) is 34.2. The molecule has 10 aromatic rings. The summed E-state index contributed by atoms with van der Waals surface area (Å²) in [5.41, 5.74) is 16.6. The third-order valence-electron chi connectivity index (χ3n) is 11.2. The summed E-state index contributed by atoms with van der Waals surface area (Å²) in [6.07, 6.45) is 0.922. The summed E-state index contributed by atoms with van der Waals surface area (Å²) in [5.74, 6) is 0. The van der Waals surface area contributed by atoms with Gasteiger partial charge in [-0.2, -0.15) is 0 Å². The minimum absolute atomic E-state index is 0.922. The average molecular weight is 660 g/mol. The fourth-order valence-corrected chi connectivity index (χ4v) is 8.72. The van der Waals surface area contributed by atoms with E-state index in [0.29, 0.717) is 0 Å². The van der Waals surface area contributed by atoms with Crippen LogP contribution in [0.1, 0.15) is 11.1 Å². The number of nitrogens with zero attached hydrogens (tertiary/aromatic N) is 1. The fourth-order valence-electron chi connectivity index (χ4n) is 8.72. The number of fused-ring (bicyclic) bond motifs is 9. The molecule has 0 aliphatic heterocycles. The third kappa shape index (κ3) is 4.49. The quantitative estimate of drug-likeness (QED) is 0.166. The number of aromatic nitrogens is 1. The van der Waals surface area contributed by atoms with Crippen molar-refractivity contribution in [1.29, 1.82) is 0 Å². The van der Waals surface area contributed by atoms with Gasteiger partial charge < -0.3 is 4.57 Å². The van der Waals surface area contributed by atoms with E-state index in [4.69, 9.17) is 0 Å². The Balaban J connectivity index is 1.04. The lowest BCUT2D eigenvalue weighted by atomic mass is 9.92. The van der Waals surface area contributed by atoms with Crippen LogP contribution in [0.3, 0.4) is 0 Å². The first-order chi connectivity index (χ1) is 25.8. The maximum absolute atomic E-state index is 2.46. The van der Waals surface area contributed by atoms with E-state index in [0.717, 1.165) is 6.42 Å². The molecule has 0 N–H and O–H groups in total. The molecular formula is C51H33N. The lowest BCUT2D eigenvalue weighted by Gasteiger charge is -2.12. The van der Waals surface area contributed by atoms with Crippen molar-refractivity contribution in [3.63, 3.8) is 0 Å². The lowest BCUT2D eigenvalue weighted by molar-refractivity contribution is 1.16. The molecule has 0 radical (unpaired) electrons. The summed E-state index contributed by atoms with van der Waals surface area (Å²) in [6, 6.07) is 69.4. The van der Waals surface area contributed by atoms with Crippen LogP contribution in [0.5, 0.6) is 0 Å². The van der Waals surface area contributed by atoms with Gasteiger partial charge in [-0.1, -0.05) is 146 Å². The van der Waals surface area contributed by atoms with Crippen molar-refractivity contribution < 1.29 is 0 Å². The first-order valence-corrected chi connectivity index (χ1v) is 18.1. The Morgan fingerprint density at radius 2 is 0.846 bits per heavy atom. The smallest absolute Gasteiger partial charge is 0.0541 e. The van der Waals surface area contributed by atoms with Crippen LogP contribution in [-0.4, -0.2) is 4.57 Å². The van der Waals surface area contributed by atoms with Crippen molar-refractivity contribution in [2.24, 2.45) is 0 Å². The van der Waals surface area contributed by atoms with Gasteiger partial charge in [0, 0.05) is 16.5 Å². The normalized spacial score (nSPS) is 12.2. The van der Waals surface area contributed by atoms with E-state index in [1.165, 1.54) is 105 Å². The summed E-state index contributed by atoms with van der Waals surface area (Å²) < 4.78 is 2.46. The Hall–Kier alpha value is -6.70. The van der Waals surface area contributed by atoms with Gasteiger partial charge in [0.2, 0.25) is 0 Å². The molecule has 0 amide bonds. The average Bonchev–Trinajstić information content (AvgIpc) is 3.75. The first-order valence-electron chi connectivity index (χ1n) is 18.1. The van der Waals surface area contributed by atoms with Crippen LogP contribution >= 0.6 is 0 Å². The zero-order valence-corrected chi connectivity index (χ0v) is 28.6. The number of rotatable bonds is 4. The highest BCUT2D eigenvalue weighted by atomic mass is 15.0. The second-order valence-corrected chi connectivity index (χ2v) is 14.1. The number of hydrogen-bond donors (Lipinski definition) is 0. The maximum Gasteiger partial charge on any atom is 0.0541 e. The Morgan fingerprint density at radius 1 is 0.308 bits per heavy atom. The van der Waals surface area contributed by atoms with Crippen molar-refractivity contribution in [2.45, 2.75) is 6.42 Å². The fraction of sp³-hybridized carbons (Fsp3) is 0.0196. The Morgan fingerprint density at radius 3 is 1.52 bits per heavy atom. The highest BCUT2D eigenvalue weighted by Gasteiger charge is 2.22. The Kier molecular flexibility index (Phi) is 6.38. The molecule has 1 aliphatic carbocycles. The predicted octanol–water partition coefficient (Wildman–Crippen LogP) is 13.7. The van der Waals surface area contributed by atoms with Gasteiger partial charge in [-0.3, -0.25) is 0 Å². The van der Waals surface area contributed by atoms with E-state index in [1.807, 2.05) is 0 Å². The van der Waals surface area contributed by atoms with Crippen LogP contribution in [0.2, 0.25) is 0 Å². The van der Waals surface area contributed by atoms with E-state index >= 15 is 0 Å². The molecule has 9 aromatic carbocycles. The van der Waals surface area contributed by atoms with Crippen LogP contribution in [0.15, 0.2) is 188 Å². The molecule has 242 valence electrons. The van der Waals surface area contributed by atoms with E-state index in [9.17, 15) is 0 Å². The molecule has 0 fully saturated rings. The largest absolute Gasteiger partial charge is 0.309 e. The van der Waals surface area contributed by atoms with Gasteiger partial charge in [0.1, 0.15) is 0 Å². The minimum atomic E-state index is 0.922. The monoisotopic (exact) mass is 659 g/mol. The Bertz CT molecular complexity index is 2920. The second kappa shape index (κ2) is 11.4. The van der Waals surface area contributed by atoms with E-state index < -0.39 is 0 Å². The highest BCUT2D eigenvalue weighted by Crippen LogP contribution is 2.43. The van der Waals surface area contributed by atoms with Crippen molar-refractivity contribution in [1.82, 2.24) is 4.57 Å². The minimum Gasteiger partial charge on any atom is -0.309 e.